The molecule has 5 nitrogen and oxygen atoms in total. The molecule has 0 aliphatic carbocycles. The summed E-state index contributed by atoms with van der Waals surface area (Å²) in [5.41, 5.74) is 5.81. The highest BCUT2D eigenvalue weighted by Gasteiger charge is 2.32. The van der Waals surface area contributed by atoms with Crippen molar-refractivity contribution in [3.05, 3.63) is 24.3 Å². The highest BCUT2D eigenvalue weighted by molar-refractivity contribution is 6.08. The van der Waals surface area contributed by atoms with E-state index in [9.17, 15) is 9.59 Å². The summed E-state index contributed by atoms with van der Waals surface area (Å²) >= 11 is 0. The number of nitrogens with two attached hydrogens (primary N) is 1. The second-order valence-electron chi connectivity index (χ2n) is 3.63. The highest BCUT2D eigenvalue weighted by Crippen LogP contribution is 2.30. The summed E-state index contributed by atoms with van der Waals surface area (Å²) < 4.78 is 5.40. The first-order chi connectivity index (χ1) is 7.61. The summed E-state index contributed by atoms with van der Waals surface area (Å²) in [6.07, 6.45) is 0. The van der Waals surface area contributed by atoms with Gasteiger partial charge in [0.2, 0.25) is 11.8 Å². The Labute approximate surface area is 92.8 Å². The fourth-order valence-corrected chi connectivity index (χ4v) is 1.66. The van der Waals surface area contributed by atoms with Crippen molar-refractivity contribution in [2.24, 2.45) is 11.7 Å². The lowest BCUT2D eigenvalue weighted by molar-refractivity contribution is -0.132. The third-order valence-electron chi connectivity index (χ3n) is 2.60. The molecule has 0 saturated heterocycles. The number of primary amides is 1. The number of nitrogens with zero attached hydrogens (tertiary/aromatic N) is 1. The van der Waals surface area contributed by atoms with Gasteiger partial charge in [-0.2, -0.15) is 0 Å². The molecule has 1 aliphatic heterocycles. The van der Waals surface area contributed by atoms with Crippen molar-refractivity contribution in [3.8, 4) is 5.75 Å². The quantitative estimate of drug-likeness (QED) is 0.684. The maximum atomic E-state index is 11.9. The van der Waals surface area contributed by atoms with Gasteiger partial charge in [-0.1, -0.05) is 12.1 Å². The van der Waals surface area contributed by atoms with E-state index >= 15 is 0 Å². The normalized spacial score (nSPS) is 19.7. The van der Waals surface area contributed by atoms with Gasteiger partial charge in [-0.05, 0) is 12.1 Å². The van der Waals surface area contributed by atoms with Crippen molar-refractivity contribution in [1.29, 1.82) is 0 Å². The second kappa shape index (κ2) is 3.84. The first-order valence-corrected chi connectivity index (χ1v) is 4.90. The molecule has 5 heteroatoms. The van der Waals surface area contributed by atoms with E-state index in [1.54, 1.807) is 25.2 Å². The Morgan fingerprint density at radius 1 is 1.50 bits per heavy atom. The molecule has 0 bridgehead atoms. The number of carbonyl (C=O) groups excluding carboxylic acids is 2. The molecular weight excluding hydrogens is 208 g/mol. The molecule has 1 aliphatic rings. The summed E-state index contributed by atoms with van der Waals surface area (Å²) in [6.45, 7) is -0.00444. The molecule has 2 rings (SSSR count). The molecule has 2 amide bonds. The standard InChI is InChI=1S/C11H12N2O3/c1-13-8-4-2-3-5-9(8)16-6-7(10(12)14)11(13)15/h2-5,7H,6H2,1H3,(H2,12,14). The summed E-state index contributed by atoms with van der Waals surface area (Å²) in [6, 6.07) is 7.12. The molecule has 0 radical (unpaired) electrons. The van der Waals surface area contributed by atoms with Gasteiger partial charge in [0.05, 0.1) is 5.69 Å². The fourth-order valence-electron chi connectivity index (χ4n) is 1.66. The number of anilines is 1. The minimum absolute atomic E-state index is 0.00444. The molecule has 1 aromatic carbocycles. The minimum Gasteiger partial charge on any atom is -0.490 e. The second-order valence-corrected chi connectivity index (χ2v) is 3.63. The average Bonchev–Trinajstić information content (AvgIpc) is 2.39. The van der Waals surface area contributed by atoms with Crippen LogP contribution in [0, 0.1) is 5.92 Å². The van der Waals surface area contributed by atoms with Crippen LogP contribution in [-0.4, -0.2) is 25.5 Å². The predicted octanol–water partition coefficient (Wildman–Crippen LogP) is 0.143. The monoisotopic (exact) mass is 220 g/mol. The largest absolute Gasteiger partial charge is 0.490 e. The van der Waals surface area contributed by atoms with Gasteiger partial charge in [-0.25, -0.2) is 0 Å². The van der Waals surface area contributed by atoms with Gasteiger partial charge in [-0.15, -0.1) is 0 Å². The first kappa shape index (κ1) is 10.5. The molecule has 1 heterocycles. The van der Waals surface area contributed by atoms with Crippen molar-refractivity contribution in [1.82, 2.24) is 0 Å². The van der Waals surface area contributed by atoms with Crippen LogP contribution in [0.25, 0.3) is 0 Å². The van der Waals surface area contributed by atoms with Crippen LogP contribution >= 0.6 is 0 Å². The van der Waals surface area contributed by atoms with E-state index in [1.165, 1.54) is 4.90 Å². The van der Waals surface area contributed by atoms with Gasteiger partial charge in [0.15, 0.2) is 5.92 Å². The molecule has 0 fully saturated rings. The van der Waals surface area contributed by atoms with E-state index in [2.05, 4.69) is 0 Å². The smallest absolute Gasteiger partial charge is 0.242 e. The summed E-state index contributed by atoms with van der Waals surface area (Å²) in [5, 5.41) is 0. The van der Waals surface area contributed by atoms with Crippen molar-refractivity contribution in [2.75, 3.05) is 18.6 Å². The zero-order valence-electron chi connectivity index (χ0n) is 8.84. The van der Waals surface area contributed by atoms with Crippen LogP contribution in [0.2, 0.25) is 0 Å². The molecule has 0 spiro atoms. The summed E-state index contributed by atoms with van der Waals surface area (Å²) in [4.78, 5) is 24.4. The number of para-hydroxylation sites is 2. The molecule has 1 unspecified atom stereocenters. The minimum atomic E-state index is -0.919. The van der Waals surface area contributed by atoms with Gasteiger partial charge in [0, 0.05) is 7.05 Å². The van der Waals surface area contributed by atoms with Crippen molar-refractivity contribution >= 4 is 17.5 Å². The number of hydrogen-bond donors (Lipinski definition) is 1. The van der Waals surface area contributed by atoms with Crippen LogP contribution in [0.3, 0.4) is 0 Å². The third kappa shape index (κ3) is 1.60. The molecule has 1 atom stereocenters. The zero-order valence-corrected chi connectivity index (χ0v) is 8.84. The Hall–Kier alpha value is -2.04. The van der Waals surface area contributed by atoms with Gasteiger partial charge in [0.1, 0.15) is 12.4 Å². The maximum absolute atomic E-state index is 11.9. The molecule has 16 heavy (non-hydrogen) atoms. The van der Waals surface area contributed by atoms with Gasteiger partial charge in [0.25, 0.3) is 0 Å². The summed E-state index contributed by atoms with van der Waals surface area (Å²) in [7, 11) is 1.60. The lowest BCUT2D eigenvalue weighted by Crippen LogP contribution is -2.41. The third-order valence-corrected chi connectivity index (χ3v) is 2.60. The van der Waals surface area contributed by atoms with E-state index in [0.29, 0.717) is 11.4 Å². The van der Waals surface area contributed by atoms with Crippen molar-refractivity contribution < 1.29 is 14.3 Å². The van der Waals surface area contributed by atoms with Crippen molar-refractivity contribution in [2.45, 2.75) is 0 Å². The van der Waals surface area contributed by atoms with Crippen LogP contribution in [0.4, 0.5) is 5.69 Å². The van der Waals surface area contributed by atoms with E-state index in [4.69, 9.17) is 10.5 Å². The van der Waals surface area contributed by atoms with E-state index in [-0.39, 0.29) is 12.5 Å². The van der Waals surface area contributed by atoms with Crippen LogP contribution in [0.15, 0.2) is 24.3 Å². The predicted molar refractivity (Wildman–Crippen MR) is 58.0 cm³/mol. The molecule has 0 aromatic heterocycles. The average molecular weight is 220 g/mol. The Morgan fingerprint density at radius 2 is 2.19 bits per heavy atom. The Kier molecular flexibility index (Phi) is 2.52. The summed E-state index contributed by atoms with van der Waals surface area (Å²) in [5.74, 6) is -1.33. The lowest BCUT2D eigenvalue weighted by Gasteiger charge is -2.17. The molecule has 1 aromatic rings. The number of rotatable bonds is 1. The van der Waals surface area contributed by atoms with Crippen LogP contribution in [-0.2, 0) is 9.59 Å². The number of fused-ring (bicyclic) bond motifs is 1. The van der Waals surface area contributed by atoms with Gasteiger partial charge < -0.3 is 15.4 Å². The van der Waals surface area contributed by atoms with E-state index in [0.717, 1.165) is 0 Å². The van der Waals surface area contributed by atoms with E-state index in [1.807, 2.05) is 6.07 Å². The van der Waals surface area contributed by atoms with Crippen LogP contribution in [0.5, 0.6) is 5.75 Å². The Bertz CT molecular complexity index is 445. The number of hydrogen-bond acceptors (Lipinski definition) is 3. The fraction of sp³-hybridized carbons (Fsp3) is 0.273. The SMILES string of the molecule is CN1C(=O)C(C(N)=O)COc2ccccc21. The van der Waals surface area contributed by atoms with Crippen molar-refractivity contribution in [3.63, 3.8) is 0 Å². The molecular formula is C11H12N2O3. The molecule has 84 valence electrons. The number of amides is 2. The Morgan fingerprint density at radius 3 is 2.88 bits per heavy atom. The van der Waals surface area contributed by atoms with Crippen LogP contribution in [0.1, 0.15) is 0 Å². The van der Waals surface area contributed by atoms with E-state index < -0.39 is 11.8 Å². The maximum Gasteiger partial charge on any atom is 0.242 e. The number of carbonyl (C=O) groups is 2. The number of benzene rings is 1. The highest BCUT2D eigenvalue weighted by atomic mass is 16.5. The molecule has 0 saturated carbocycles. The molecule has 2 N–H and O–H groups in total. The number of ether oxygens (including phenoxy) is 1. The lowest BCUT2D eigenvalue weighted by atomic mass is 10.1. The van der Waals surface area contributed by atoms with Crippen LogP contribution < -0.4 is 15.4 Å². The first-order valence-electron chi connectivity index (χ1n) is 4.90. The zero-order chi connectivity index (χ0) is 11.7. The van der Waals surface area contributed by atoms with Gasteiger partial charge in [-0.3, -0.25) is 9.59 Å². The topological polar surface area (TPSA) is 72.6 Å². The Balaban J connectivity index is 2.41. The van der Waals surface area contributed by atoms with Gasteiger partial charge >= 0.3 is 0 Å².